The van der Waals surface area contributed by atoms with Gasteiger partial charge in [0.25, 0.3) is 5.69 Å². The van der Waals surface area contributed by atoms with Crippen LogP contribution in [0.2, 0.25) is 0 Å². The zero-order valence-corrected chi connectivity index (χ0v) is 11.5. The number of nitrogens with zero attached hydrogens (tertiary/aromatic N) is 2. The number of nitrogens with one attached hydrogen (secondary N) is 1. The van der Waals surface area contributed by atoms with Gasteiger partial charge in [-0.15, -0.1) is 0 Å². The van der Waals surface area contributed by atoms with Crippen molar-refractivity contribution in [1.29, 1.82) is 0 Å². The van der Waals surface area contributed by atoms with Crippen LogP contribution in [0.3, 0.4) is 0 Å². The number of fused-ring (bicyclic) bond motifs is 1. The lowest BCUT2D eigenvalue weighted by molar-refractivity contribution is -0.384. The molecule has 1 fully saturated rings. The molecule has 0 aliphatic carbocycles. The Morgan fingerprint density at radius 1 is 1.39 bits per heavy atom. The first-order valence-electron chi connectivity index (χ1n) is 6.53. The van der Waals surface area contributed by atoms with E-state index >= 15 is 0 Å². The monoisotopic (exact) mass is 329 g/mol. The summed E-state index contributed by atoms with van der Waals surface area (Å²) in [5, 5.41) is 13.1. The Labute approximate surface area is 126 Å². The van der Waals surface area contributed by atoms with Crippen molar-refractivity contribution in [3.8, 4) is 0 Å². The quantitative estimate of drug-likeness (QED) is 0.693. The van der Waals surface area contributed by atoms with Crippen molar-refractivity contribution in [3.63, 3.8) is 0 Å². The van der Waals surface area contributed by atoms with Gasteiger partial charge in [0.1, 0.15) is 17.4 Å². The Bertz CT molecular complexity index is 786. The molecule has 2 heterocycles. The van der Waals surface area contributed by atoms with Crippen LogP contribution in [0.5, 0.6) is 0 Å². The molecular formula is C13H10F3N3O4. The van der Waals surface area contributed by atoms with Crippen LogP contribution in [-0.4, -0.2) is 34.6 Å². The van der Waals surface area contributed by atoms with Gasteiger partial charge < -0.3 is 14.6 Å². The highest BCUT2D eigenvalue weighted by Gasteiger charge is 2.46. The van der Waals surface area contributed by atoms with E-state index in [0.717, 1.165) is 4.90 Å². The highest BCUT2D eigenvalue weighted by atomic mass is 19.4. The number of benzene rings is 1. The first kappa shape index (κ1) is 15.1. The number of alkyl halides is 3. The first-order chi connectivity index (χ1) is 10.7. The van der Waals surface area contributed by atoms with Gasteiger partial charge in [-0.3, -0.25) is 10.1 Å². The fourth-order valence-corrected chi connectivity index (χ4v) is 2.37. The van der Waals surface area contributed by atoms with E-state index in [-0.39, 0.29) is 23.6 Å². The van der Waals surface area contributed by atoms with Crippen LogP contribution in [-0.2, 0) is 6.54 Å². The van der Waals surface area contributed by atoms with Gasteiger partial charge in [0.15, 0.2) is 0 Å². The molecule has 0 saturated carbocycles. The molecule has 0 radical (unpaired) electrons. The molecule has 1 aliphatic rings. The Morgan fingerprint density at radius 3 is 2.74 bits per heavy atom. The standard InChI is InChI=1S/C13H10F3N3O4/c14-13(15,16)11-6-18(12(20)17-11)5-9-3-7-1-2-8(19(21)22)4-10(7)23-9/h1-4,11H,5-6H2,(H,17,20)/t11-/m0/s1. The molecule has 2 aromatic rings. The molecule has 1 aromatic carbocycles. The van der Waals surface area contributed by atoms with Crippen molar-refractivity contribution in [1.82, 2.24) is 10.2 Å². The first-order valence-corrected chi connectivity index (χ1v) is 6.53. The third-order valence-electron chi connectivity index (χ3n) is 3.50. The number of amides is 2. The van der Waals surface area contributed by atoms with Crippen molar-refractivity contribution in [2.75, 3.05) is 6.54 Å². The van der Waals surface area contributed by atoms with Crippen molar-refractivity contribution >= 4 is 22.7 Å². The molecule has 23 heavy (non-hydrogen) atoms. The summed E-state index contributed by atoms with van der Waals surface area (Å²) in [6.45, 7) is -0.666. The lowest BCUT2D eigenvalue weighted by atomic mass is 10.2. The molecule has 1 aromatic heterocycles. The van der Waals surface area contributed by atoms with Crippen molar-refractivity contribution in [2.24, 2.45) is 0 Å². The van der Waals surface area contributed by atoms with E-state index in [1.807, 2.05) is 5.32 Å². The average Bonchev–Trinajstić information content (AvgIpc) is 3.01. The van der Waals surface area contributed by atoms with Crippen LogP contribution in [0, 0.1) is 10.1 Å². The van der Waals surface area contributed by atoms with Crippen molar-refractivity contribution in [3.05, 3.63) is 40.1 Å². The fourth-order valence-electron chi connectivity index (χ4n) is 2.37. The summed E-state index contributed by atoms with van der Waals surface area (Å²) in [5.74, 6) is 0.249. The Balaban J connectivity index is 1.79. The third kappa shape index (κ3) is 2.91. The number of nitro benzene ring substituents is 1. The van der Waals surface area contributed by atoms with Gasteiger partial charge in [-0.1, -0.05) is 0 Å². The number of non-ortho nitro benzene ring substituents is 1. The van der Waals surface area contributed by atoms with Crippen LogP contribution in [0.15, 0.2) is 28.7 Å². The maximum atomic E-state index is 12.6. The van der Waals surface area contributed by atoms with Gasteiger partial charge in [0, 0.05) is 11.5 Å². The highest BCUT2D eigenvalue weighted by molar-refractivity contribution is 5.81. The number of carbonyl (C=O) groups is 1. The molecule has 2 amide bonds. The summed E-state index contributed by atoms with van der Waals surface area (Å²) in [6, 6.07) is 2.78. The number of hydrogen-bond donors (Lipinski definition) is 1. The second-order valence-electron chi connectivity index (χ2n) is 5.12. The minimum atomic E-state index is -4.51. The number of furan rings is 1. The average molecular weight is 329 g/mol. The minimum Gasteiger partial charge on any atom is -0.459 e. The number of carbonyl (C=O) groups excluding carboxylic acids is 1. The highest BCUT2D eigenvalue weighted by Crippen LogP contribution is 2.28. The molecule has 1 saturated heterocycles. The molecule has 1 atom stereocenters. The van der Waals surface area contributed by atoms with E-state index in [2.05, 4.69) is 0 Å². The van der Waals surface area contributed by atoms with E-state index < -0.39 is 29.7 Å². The van der Waals surface area contributed by atoms with Crippen LogP contribution in [0.4, 0.5) is 23.7 Å². The molecule has 0 bridgehead atoms. The Morgan fingerprint density at radius 2 is 2.13 bits per heavy atom. The summed E-state index contributed by atoms with van der Waals surface area (Å²) in [7, 11) is 0. The van der Waals surface area contributed by atoms with Crippen LogP contribution in [0.1, 0.15) is 5.76 Å². The van der Waals surface area contributed by atoms with Gasteiger partial charge in [-0.2, -0.15) is 13.2 Å². The molecule has 0 spiro atoms. The number of nitro groups is 1. The summed E-state index contributed by atoms with van der Waals surface area (Å²) in [4.78, 5) is 22.7. The van der Waals surface area contributed by atoms with Crippen LogP contribution in [0.25, 0.3) is 11.0 Å². The predicted molar refractivity (Wildman–Crippen MR) is 71.7 cm³/mol. The zero-order valence-electron chi connectivity index (χ0n) is 11.5. The van der Waals surface area contributed by atoms with E-state index in [9.17, 15) is 28.1 Å². The van der Waals surface area contributed by atoms with Gasteiger partial charge >= 0.3 is 12.2 Å². The summed E-state index contributed by atoms with van der Waals surface area (Å²) in [6.07, 6.45) is -4.51. The van der Waals surface area contributed by atoms with E-state index in [1.165, 1.54) is 24.3 Å². The van der Waals surface area contributed by atoms with E-state index in [1.54, 1.807) is 0 Å². The molecule has 0 unspecified atom stereocenters. The summed E-state index contributed by atoms with van der Waals surface area (Å²) >= 11 is 0. The fraction of sp³-hybridized carbons (Fsp3) is 0.308. The minimum absolute atomic E-state index is 0.152. The molecular weight excluding hydrogens is 319 g/mol. The van der Waals surface area contributed by atoms with Crippen LogP contribution >= 0.6 is 0 Å². The summed E-state index contributed by atoms with van der Waals surface area (Å²) < 4.78 is 43.2. The smallest absolute Gasteiger partial charge is 0.410 e. The molecule has 7 nitrogen and oxygen atoms in total. The lowest BCUT2D eigenvalue weighted by Gasteiger charge is -2.14. The summed E-state index contributed by atoms with van der Waals surface area (Å²) in [5.41, 5.74) is 0.0793. The van der Waals surface area contributed by atoms with Gasteiger partial charge in [0.2, 0.25) is 0 Å². The number of hydrogen-bond acceptors (Lipinski definition) is 4. The predicted octanol–water partition coefficient (Wildman–Crippen LogP) is 2.80. The topological polar surface area (TPSA) is 88.6 Å². The Hall–Kier alpha value is -2.78. The number of urea groups is 1. The lowest BCUT2D eigenvalue weighted by Crippen LogP contribution is -2.40. The maximum Gasteiger partial charge on any atom is 0.410 e. The Kier molecular flexibility index (Phi) is 3.38. The molecule has 10 heteroatoms. The number of rotatable bonds is 3. The van der Waals surface area contributed by atoms with Gasteiger partial charge in [-0.25, -0.2) is 4.79 Å². The van der Waals surface area contributed by atoms with Crippen molar-refractivity contribution < 1.29 is 27.3 Å². The zero-order chi connectivity index (χ0) is 16.8. The second kappa shape index (κ2) is 5.14. The normalized spacial score (nSPS) is 18.5. The largest absolute Gasteiger partial charge is 0.459 e. The molecule has 1 aliphatic heterocycles. The third-order valence-corrected chi connectivity index (χ3v) is 3.50. The van der Waals surface area contributed by atoms with Gasteiger partial charge in [0.05, 0.1) is 24.1 Å². The SMILES string of the molecule is O=C1N[C@H](C(F)(F)F)CN1Cc1cc2ccc([N+](=O)[O-])cc2o1. The van der Waals surface area contributed by atoms with E-state index in [4.69, 9.17) is 4.42 Å². The maximum absolute atomic E-state index is 12.6. The van der Waals surface area contributed by atoms with Gasteiger partial charge in [-0.05, 0) is 12.1 Å². The number of halogens is 3. The van der Waals surface area contributed by atoms with Crippen molar-refractivity contribution in [2.45, 2.75) is 18.8 Å². The molecule has 122 valence electrons. The van der Waals surface area contributed by atoms with E-state index in [0.29, 0.717) is 5.39 Å². The second-order valence-corrected chi connectivity index (χ2v) is 5.12. The molecule has 3 rings (SSSR count). The molecule has 1 N–H and O–H groups in total. The van der Waals surface area contributed by atoms with Crippen LogP contribution < -0.4 is 5.32 Å².